The first kappa shape index (κ1) is 10.3. The van der Waals surface area contributed by atoms with Gasteiger partial charge in [0.2, 0.25) is 0 Å². The van der Waals surface area contributed by atoms with Crippen LogP contribution in [0.1, 0.15) is 13.3 Å². The molecule has 1 atom stereocenters. The Morgan fingerprint density at radius 2 is 2.45 bits per heavy atom. The quantitative estimate of drug-likeness (QED) is 0.599. The number of methoxy groups -OCH3 is 1. The van der Waals surface area contributed by atoms with Crippen molar-refractivity contribution in [3.05, 3.63) is 0 Å². The fourth-order valence-corrected chi connectivity index (χ4v) is 1.19. The molecule has 0 radical (unpaired) electrons. The molecule has 0 aromatic carbocycles. The van der Waals surface area contributed by atoms with Gasteiger partial charge in [0.05, 0.1) is 18.9 Å². The second-order valence-corrected chi connectivity index (χ2v) is 3.49. The maximum atomic E-state index is 10.6. The molecule has 0 aromatic rings. The van der Waals surface area contributed by atoms with Gasteiger partial charge in [-0.2, -0.15) is 5.26 Å². The van der Waals surface area contributed by atoms with Crippen LogP contribution < -0.4 is 0 Å². The number of esters is 1. The van der Waals surface area contributed by atoms with Crippen LogP contribution in [0.5, 0.6) is 0 Å². The number of rotatable bonds is 4. The molecule has 0 spiro atoms. The molecule has 0 rings (SSSR count). The molecule has 0 fully saturated rings. The van der Waals surface area contributed by atoms with Gasteiger partial charge in [0, 0.05) is 11.7 Å². The standard InChI is InChI=1S/C7H11NO2S/c1-6(3-4-8)11-5-7(9)10-2/h6H,3,5H2,1-2H3. The van der Waals surface area contributed by atoms with Crippen LogP contribution in [0.4, 0.5) is 0 Å². The average Bonchev–Trinajstić information content (AvgIpc) is 2.01. The first-order valence-corrected chi connectivity index (χ1v) is 4.31. The van der Waals surface area contributed by atoms with Crippen LogP contribution in [-0.2, 0) is 9.53 Å². The van der Waals surface area contributed by atoms with E-state index in [0.29, 0.717) is 12.2 Å². The first-order chi connectivity index (χ1) is 5.20. The van der Waals surface area contributed by atoms with Crippen LogP contribution in [0.25, 0.3) is 0 Å². The summed E-state index contributed by atoms with van der Waals surface area (Å²) in [5, 5.41) is 8.49. The summed E-state index contributed by atoms with van der Waals surface area (Å²) >= 11 is 1.44. The van der Waals surface area contributed by atoms with Crippen molar-refractivity contribution in [3.8, 4) is 6.07 Å². The summed E-state index contributed by atoms with van der Waals surface area (Å²) in [5.74, 6) is 0.0964. The molecule has 0 heterocycles. The van der Waals surface area contributed by atoms with Crippen molar-refractivity contribution in [1.29, 1.82) is 5.26 Å². The molecule has 1 unspecified atom stereocenters. The lowest BCUT2D eigenvalue weighted by molar-refractivity contribution is -0.137. The Hall–Kier alpha value is -0.690. The third-order valence-electron chi connectivity index (χ3n) is 1.09. The molecule has 0 saturated carbocycles. The van der Waals surface area contributed by atoms with E-state index in [1.165, 1.54) is 18.9 Å². The van der Waals surface area contributed by atoms with Gasteiger partial charge in [-0.15, -0.1) is 11.8 Å². The van der Waals surface area contributed by atoms with Crippen LogP contribution in [0, 0.1) is 11.3 Å². The van der Waals surface area contributed by atoms with E-state index in [2.05, 4.69) is 4.74 Å². The van der Waals surface area contributed by atoms with Crippen LogP contribution in [-0.4, -0.2) is 24.1 Å². The number of nitriles is 1. The Morgan fingerprint density at radius 3 is 2.91 bits per heavy atom. The molecule has 0 bridgehead atoms. The Morgan fingerprint density at radius 1 is 1.82 bits per heavy atom. The van der Waals surface area contributed by atoms with Crippen molar-refractivity contribution in [1.82, 2.24) is 0 Å². The zero-order valence-corrected chi connectivity index (χ0v) is 7.48. The molecule has 0 aliphatic carbocycles. The molecule has 0 aromatic heterocycles. The van der Waals surface area contributed by atoms with Crippen molar-refractivity contribution in [2.75, 3.05) is 12.9 Å². The van der Waals surface area contributed by atoms with E-state index in [9.17, 15) is 4.79 Å². The topological polar surface area (TPSA) is 50.1 Å². The van der Waals surface area contributed by atoms with Crippen molar-refractivity contribution in [3.63, 3.8) is 0 Å². The number of ether oxygens (including phenoxy) is 1. The van der Waals surface area contributed by atoms with Gasteiger partial charge in [0.15, 0.2) is 0 Å². The van der Waals surface area contributed by atoms with Gasteiger partial charge in [0.1, 0.15) is 0 Å². The third kappa shape index (κ3) is 5.74. The van der Waals surface area contributed by atoms with E-state index in [4.69, 9.17) is 5.26 Å². The second-order valence-electron chi connectivity index (χ2n) is 2.06. The molecule has 0 N–H and O–H groups in total. The van der Waals surface area contributed by atoms with Gasteiger partial charge in [-0.3, -0.25) is 4.79 Å². The van der Waals surface area contributed by atoms with Crippen LogP contribution in [0.3, 0.4) is 0 Å². The van der Waals surface area contributed by atoms with Crippen molar-refractivity contribution < 1.29 is 9.53 Å². The summed E-state index contributed by atoms with van der Waals surface area (Å²) in [6, 6.07) is 2.04. The molecule has 0 aliphatic heterocycles. The maximum Gasteiger partial charge on any atom is 0.315 e. The van der Waals surface area contributed by atoms with Crippen molar-refractivity contribution in [2.24, 2.45) is 0 Å². The van der Waals surface area contributed by atoms with E-state index >= 15 is 0 Å². The number of nitrogens with zero attached hydrogens (tertiary/aromatic N) is 1. The summed E-state index contributed by atoms with van der Waals surface area (Å²) in [6.07, 6.45) is 0.474. The normalized spacial score (nSPS) is 11.7. The smallest absolute Gasteiger partial charge is 0.315 e. The SMILES string of the molecule is COC(=O)CSC(C)CC#N. The highest BCUT2D eigenvalue weighted by Crippen LogP contribution is 2.12. The van der Waals surface area contributed by atoms with Gasteiger partial charge < -0.3 is 4.74 Å². The monoisotopic (exact) mass is 173 g/mol. The largest absolute Gasteiger partial charge is 0.468 e. The predicted molar refractivity (Wildman–Crippen MR) is 44.2 cm³/mol. The minimum atomic E-state index is -0.236. The first-order valence-electron chi connectivity index (χ1n) is 3.26. The number of thioether (sulfide) groups is 1. The fraction of sp³-hybridized carbons (Fsp3) is 0.714. The Kier molecular flexibility index (Phi) is 5.67. The number of hydrogen-bond acceptors (Lipinski definition) is 4. The molecule has 62 valence electrons. The Labute approximate surface area is 70.7 Å². The van der Waals surface area contributed by atoms with E-state index in [1.54, 1.807) is 0 Å². The van der Waals surface area contributed by atoms with E-state index in [0.717, 1.165) is 0 Å². The van der Waals surface area contributed by atoms with Crippen LogP contribution in [0.2, 0.25) is 0 Å². The zero-order chi connectivity index (χ0) is 8.69. The van der Waals surface area contributed by atoms with E-state index in [-0.39, 0.29) is 11.2 Å². The zero-order valence-electron chi connectivity index (χ0n) is 6.66. The fourth-order valence-electron chi connectivity index (χ4n) is 0.457. The van der Waals surface area contributed by atoms with Gasteiger partial charge in [-0.25, -0.2) is 0 Å². The summed E-state index contributed by atoms with van der Waals surface area (Å²) < 4.78 is 4.44. The maximum absolute atomic E-state index is 10.6. The summed E-state index contributed by atoms with van der Waals surface area (Å²) in [5.41, 5.74) is 0. The summed E-state index contributed by atoms with van der Waals surface area (Å²) in [7, 11) is 1.36. The molecular weight excluding hydrogens is 162 g/mol. The highest BCUT2D eigenvalue weighted by atomic mass is 32.2. The molecular formula is C7H11NO2S. The summed E-state index contributed by atoms with van der Waals surface area (Å²) in [4.78, 5) is 10.6. The number of carbonyl (C=O) groups excluding carboxylic acids is 1. The molecule has 3 nitrogen and oxygen atoms in total. The van der Waals surface area contributed by atoms with Crippen LogP contribution in [0.15, 0.2) is 0 Å². The van der Waals surface area contributed by atoms with Crippen molar-refractivity contribution >= 4 is 17.7 Å². The Bertz CT molecular complexity index is 164. The van der Waals surface area contributed by atoms with Gasteiger partial charge in [0.25, 0.3) is 0 Å². The van der Waals surface area contributed by atoms with Crippen molar-refractivity contribution in [2.45, 2.75) is 18.6 Å². The third-order valence-corrected chi connectivity index (χ3v) is 2.23. The summed E-state index contributed by atoms with van der Waals surface area (Å²) in [6.45, 7) is 1.91. The van der Waals surface area contributed by atoms with Gasteiger partial charge >= 0.3 is 5.97 Å². The van der Waals surface area contributed by atoms with Gasteiger partial charge in [-0.1, -0.05) is 6.92 Å². The van der Waals surface area contributed by atoms with Crippen LogP contribution >= 0.6 is 11.8 Å². The second kappa shape index (κ2) is 6.05. The average molecular weight is 173 g/mol. The van der Waals surface area contributed by atoms with E-state index in [1.807, 2.05) is 13.0 Å². The molecule has 0 saturated heterocycles. The van der Waals surface area contributed by atoms with Gasteiger partial charge in [-0.05, 0) is 0 Å². The minimum absolute atomic E-state index is 0.207. The minimum Gasteiger partial charge on any atom is -0.468 e. The number of hydrogen-bond donors (Lipinski definition) is 0. The molecule has 0 amide bonds. The lowest BCUT2D eigenvalue weighted by atomic mass is 10.4. The number of carbonyl (C=O) groups is 1. The lowest BCUT2D eigenvalue weighted by Crippen LogP contribution is -2.06. The molecule has 0 aliphatic rings. The van der Waals surface area contributed by atoms with E-state index < -0.39 is 0 Å². The molecule has 4 heteroatoms. The highest BCUT2D eigenvalue weighted by Gasteiger charge is 2.05. The highest BCUT2D eigenvalue weighted by molar-refractivity contribution is 8.00. The Balaban J connectivity index is 3.39. The molecule has 11 heavy (non-hydrogen) atoms. The lowest BCUT2D eigenvalue weighted by Gasteiger charge is -2.04. The predicted octanol–water partition coefficient (Wildman–Crippen LogP) is 1.19.